The summed E-state index contributed by atoms with van der Waals surface area (Å²) in [4.78, 5) is 24.4. The van der Waals surface area contributed by atoms with E-state index in [2.05, 4.69) is 10.2 Å². The van der Waals surface area contributed by atoms with E-state index in [9.17, 15) is 9.59 Å². The van der Waals surface area contributed by atoms with Crippen molar-refractivity contribution in [3.8, 4) is 0 Å². The number of alkyl halides is 1. The first-order valence-corrected chi connectivity index (χ1v) is 5.95. The van der Waals surface area contributed by atoms with Gasteiger partial charge in [0.05, 0.1) is 0 Å². The van der Waals surface area contributed by atoms with Gasteiger partial charge in [-0.05, 0) is 24.8 Å². The van der Waals surface area contributed by atoms with Gasteiger partial charge in [-0.2, -0.15) is 5.10 Å². The SMILES string of the molecule is CN(CC1CC(Cl)C1)C(=O)c1ccc(=O)[nH]n1. The molecule has 1 fully saturated rings. The maximum Gasteiger partial charge on any atom is 0.274 e. The molecule has 1 amide bonds. The minimum Gasteiger partial charge on any atom is -0.340 e. The van der Waals surface area contributed by atoms with Crippen molar-refractivity contribution < 1.29 is 4.79 Å². The summed E-state index contributed by atoms with van der Waals surface area (Å²) < 4.78 is 0. The average molecular weight is 256 g/mol. The molecule has 1 aliphatic carbocycles. The lowest BCUT2D eigenvalue weighted by atomic mass is 9.84. The molecule has 1 saturated carbocycles. The van der Waals surface area contributed by atoms with Gasteiger partial charge in [0.2, 0.25) is 0 Å². The van der Waals surface area contributed by atoms with E-state index in [4.69, 9.17) is 11.6 Å². The van der Waals surface area contributed by atoms with Crippen LogP contribution in [0.1, 0.15) is 23.3 Å². The Morgan fingerprint density at radius 1 is 1.59 bits per heavy atom. The van der Waals surface area contributed by atoms with Gasteiger partial charge in [-0.3, -0.25) is 9.59 Å². The van der Waals surface area contributed by atoms with Gasteiger partial charge >= 0.3 is 0 Å². The van der Waals surface area contributed by atoms with Crippen LogP contribution in [0.3, 0.4) is 0 Å². The van der Waals surface area contributed by atoms with Gasteiger partial charge in [0, 0.05) is 25.0 Å². The second-order valence-electron chi connectivity index (χ2n) is 4.43. The molecule has 1 aromatic rings. The number of carbonyl (C=O) groups is 1. The number of carbonyl (C=O) groups excluding carboxylic acids is 1. The predicted molar refractivity (Wildman–Crippen MR) is 64.2 cm³/mol. The summed E-state index contributed by atoms with van der Waals surface area (Å²) in [5.74, 6) is 0.300. The molecular weight excluding hydrogens is 242 g/mol. The van der Waals surface area contributed by atoms with E-state index >= 15 is 0 Å². The van der Waals surface area contributed by atoms with Crippen molar-refractivity contribution in [1.82, 2.24) is 15.1 Å². The highest BCUT2D eigenvalue weighted by Gasteiger charge is 2.29. The molecule has 1 aliphatic rings. The molecule has 0 radical (unpaired) electrons. The van der Waals surface area contributed by atoms with E-state index in [0.717, 1.165) is 12.8 Å². The second-order valence-corrected chi connectivity index (χ2v) is 5.04. The Morgan fingerprint density at radius 3 is 2.82 bits per heavy atom. The molecule has 1 N–H and O–H groups in total. The van der Waals surface area contributed by atoms with Crippen LogP contribution in [0.15, 0.2) is 16.9 Å². The Hall–Kier alpha value is -1.36. The van der Waals surface area contributed by atoms with E-state index in [1.165, 1.54) is 12.1 Å². The van der Waals surface area contributed by atoms with Gasteiger partial charge in [-0.15, -0.1) is 11.6 Å². The fourth-order valence-electron chi connectivity index (χ4n) is 1.93. The normalized spacial score (nSPS) is 22.9. The van der Waals surface area contributed by atoms with E-state index in [0.29, 0.717) is 12.5 Å². The minimum atomic E-state index is -0.312. The molecule has 0 saturated heterocycles. The molecule has 0 aromatic carbocycles. The summed E-state index contributed by atoms with van der Waals surface area (Å²) in [7, 11) is 1.73. The fourth-order valence-corrected chi connectivity index (χ4v) is 2.44. The van der Waals surface area contributed by atoms with Gasteiger partial charge in [0.25, 0.3) is 11.5 Å². The molecule has 0 bridgehead atoms. The van der Waals surface area contributed by atoms with Crippen LogP contribution in [-0.2, 0) is 0 Å². The van der Waals surface area contributed by atoms with E-state index < -0.39 is 0 Å². The van der Waals surface area contributed by atoms with Gasteiger partial charge in [0.1, 0.15) is 5.69 Å². The summed E-state index contributed by atoms with van der Waals surface area (Å²) >= 11 is 5.89. The molecule has 1 heterocycles. The Balaban J connectivity index is 1.94. The van der Waals surface area contributed by atoms with Crippen LogP contribution < -0.4 is 5.56 Å². The summed E-state index contributed by atoms with van der Waals surface area (Å²) in [5.41, 5.74) is -0.0537. The number of nitrogens with zero attached hydrogens (tertiary/aromatic N) is 2. The van der Waals surface area contributed by atoms with Crippen molar-refractivity contribution in [2.75, 3.05) is 13.6 Å². The van der Waals surface area contributed by atoms with Crippen LogP contribution in [0.4, 0.5) is 0 Å². The number of halogens is 1. The van der Waals surface area contributed by atoms with E-state index in [1.807, 2.05) is 0 Å². The lowest BCUT2D eigenvalue weighted by Gasteiger charge is -2.33. The van der Waals surface area contributed by atoms with Gasteiger partial charge in [-0.25, -0.2) is 5.10 Å². The molecule has 1 aromatic heterocycles. The summed E-state index contributed by atoms with van der Waals surface area (Å²) in [6.07, 6.45) is 1.91. The first-order chi connectivity index (χ1) is 8.06. The number of nitrogens with one attached hydrogen (secondary N) is 1. The van der Waals surface area contributed by atoms with E-state index in [-0.39, 0.29) is 22.5 Å². The first kappa shape index (κ1) is 12.1. The predicted octanol–water partition coefficient (Wildman–Crippen LogP) is 0.859. The van der Waals surface area contributed by atoms with Crippen LogP contribution in [0.25, 0.3) is 0 Å². The monoisotopic (exact) mass is 255 g/mol. The van der Waals surface area contributed by atoms with Crippen molar-refractivity contribution in [3.05, 3.63) is 28.2 Å². The van der Waals surface area contributed by atoms with Crippen LogP contribution in [0, 0.1) is 5.92 Å². The average Bonchev–Trinajstić information content (AvgIpc) is 2.27. The molecule has 17 heavy (non-hydrogen) atoms. The quantitative estimate of drug-likeness (QED) is 0.815. The fraction of sp³-hybridized carbons (Fsp3) is 0.545. The Labute approximate surface area is 104 Å². The van der Waals surface area contributed by atoms with Crippen LogP contribution in [-0.4, -0.2) is 40.0 Å². The zero-order chi connectivity index (χ0) is 12.4. The Morgan fingerprint density at radius 2 is 2.29 bits per heavy atom. The number of H-pyrrole nitrogens is 1. The lowest BCUT2D eigenvalue weighted by Crippen LogP contribution is -2.38. The molecule has 0 spiro atoms. The molecule has 6 heteroatoms. The number of amides is 1. The van der Waals surface area contributed by atoms with Gasteiger partial charge in [0.15, 0.2) is 0 Å². The minimum absolute atomic E-state index is 0.181. The van der Waals surface area contributed by atoms with Crippen LogP contribution in [0.2, 0.25) is 0 Å². The van der Waals surface area contributed by atoms with Gasteiger partial charge < -0.3 is 4.90 Å². The highest BCUT2D eigenvalue weighted by atomic mass is 35.5. The largest absolute Gasteiger partial charge is 0.340 e. The molecule has 0 atom stereocenters. The zero-order valence-electron chi connectivity index (χ0n) is 9.52. The first-order valence-electron chi connectivity index (χ1n) is 5.51. The maximum atomic E-state index is 11.9. The Bertz CT molecular complexity index is 448. The van der Waals surface area contributed by atoms with Crippen LogP contribution >= 0.6 is 11.6 Å². The molecule has 92 valence electrons. The summed E-state index contributed by atoms with van der Waals surface area (Å²) in [5, 5.41) is 6.22. The summed E-state index contributed by atoms with van der Waals surface area (Å²) in [6, 6.07) is 2.73. The Kier molecular flexibility index (Phi) is 3.47. The number of hydrogen-bond donors (Lipinski definition) is 1. The molecule has 0 unspecified atom stereocenters. The molecule has 5 nitrogen and oxygen atoms in total. The molecular formula is C11H14ClN3O2. The third-order valence-electron chi connectivity index (χ3n) is 2.96. The summed E-state index contributed by atoms with van der Waals surface area (Å²) in [6.45, 7) is 0.683. The van der Waals surface area contributed by atoms with Gasteiger partial charge in [-0.1, -0.05) is 0 Å². The topological polar surface area (TPSA) is 66.1 Å². The highest BCUT2D eigenvalue weighted by molar-refractivity contribution is 6.21. The molecule has 0 aliphatic heterocycles. The van der Waals surface area contributed by atoms with Crippen molar-refractivity contribution in [3.63, 3.8) is 0 Å². The van der Waals surface area contributed by atoms with Crippen molar-refractivity contribution in [2.24, 2.45) is 5.92 Å². The standard InChI is InChI=1S/C11H14ClN3O2/c1-15(6-7-4-8(12)5-7)11(17)9-2-3-10(16)14-13-9/h2-3,7-8H,4-6H2,1H3,(H,14,16). The second kappa shape index (κ2) is 4.87. The third-order valence-corrected chi connectivity index (χ3v) is 3.31. The number of rotatable bonds is 3. The van der Waals surface area contributed by atoms with Crippen molar-refractivity contribution in [1.29, 1.82) is 0 Å². The lowest BCUT2D eigenvalue weighted by molar-refractivity contribution is 0.0740. The third kappa shape index (κ3) is 2.85. The van der Waals surface area contributed by atoms with Crippen LogP contribution in [0.5, 0.6) is 0 Å². The van der Waals surface area contributed by atoms with E-state index in [1.54, 1.807) is 11.9 Å². The zero-order valence-corrected chi connectivity index (χ0v) is 10.3. The van der Waals surface area contributed by atoms with Crippen molar-refractivity contribution in [2.45, 2.75) is 18.2 Å². The number of aromatic nitrogens is 2. The smallest absolute Gasteiger partial charge is 0.274 e. The highest BCUT2D eigenvalue weighted by Crippen LogP contribution is 2.32. The maximum absolute atomic E-state index is 11.9. The molecule has 2 rings (SSSR count). The number of aromatic amines is 1. The number of hydrogen-bond acceptors (Lipinski definition) is 3. The van der Waals surface area contributed by atoms with Crippen molar-refractivity contribution >= 4 is 17.5 Å².